The molecule has 0 aliphatic carbocycles. The van der Waals surface area contributed by atoms with Gasteiger partial charge >= 0.3 is 70.0 Å². The molecule has 0 spiro atoms. The van der Waals surface area contributed by atoms with Crippen LogP contribution in [0.15, 0.2) is 30.3 Å². The van der Waals surface area contributed by atoms with Gasteiger partial charge in [0.05, 0.1) is 0 Å². The molecule has 1 heteroatoms. The van der Waals surface area contributed by atoms with Gasteiger partial charge in [0, 0.05) is 0 Å². The maximum absolute atomic E-state index is 2.46. The van der Waals surface area contributed by atoms with E-state index in [1.165, 1.54) is 4.44 Å². The first-order valence-electron chi connectivity index (χ1n) is 3.72. The van der Waals surface area contributed by atoms with Crippen molar-refractivity contribution in [2.75, 3.05) is 0 Å². The summed E-state index contributed by atoms with van der Waals surface area (Å²) >= 11 is -1.06. The minimum absolute atomic E-state index is 1.06. The van der Waals surface area contributed by atoms with Gasteiger partial charge in [0.15, 0.2) is 0 Å². The van der Waals surface area contributed by atoms with Crippen LogP contribution in [0.2, 0.25) is 9.38 Å². The fourth-order valence-corrected chi connectivity index (χ4v) is 4.27. The SMILES string of the molecule is C[CH2][Sn]([CH3])[c]1ccccc1. The first-order chi connectivity index (χ1) is 4.84. The van der Waals surface area contributed by atoms with E-state index in [0.29, 0.717) is 0 Å². The summed E-state index contributed by atoms with van der Waals surface area (Å²) in [4.78, 5) is 2.46. The molecule has 0 fully saturated rings. The molecule has 0 saturated heterocycles. The van der Waals surface area contributed by atoms with E-state index in [4.69, 9.17) is 0 Å². The Balaban J connectivity index is 2.75. The summed E-state index contributed by atoms with van der Waals surface area (Å²) < 4.78 is 3.07. The van der Waals surface area contributed by atoms with E-state index in [-0.39, 0.29) is 0 Å². The van der Waals surface area contributed by atoms with E-state index >= 15 is 0 Å². The van der Waals surface area contributed by atoms with Crippen molar-refractivity contribution in [3.8, 4) is 0 Å². The third-order valence-electron chi connectivity index (χ3n) is 1.80. The van der Waals surface area contributed by atoms with Crippen LogP contribution in [0, 0.1) is 0 Å². The molecule has 0 aliphatic rings. The van der Waals surface area contributed by atoms with E-state index < -0.39 is 19.8 Å². The standard InChI is InChI=1S/C6H5.C2H5.CH3.Sn/c1-2-4-6-5-3-1;1-2;;/h1-5H;1H2,2H3;1H3;. The molecule has 0 amide bonds. The average molecular weight is 240 g/mol. The van der Waals surface area contributed by atoms with E-state index in [0.717, 1.165) is 0 Å². The van der Waals surface area contributed by atoms with Gasteiger partial charge in [-0.15, -0.1) is 0 Å². The minimum atomic E-state index is -1.06. The Bertz CT molecular complexity index is 181. The Morgan fingerprint density at radius 3 is 2.30 bits per heavy atom. The molecule has 0 aromatic heterocycles. The molecule has 53 valence electrons. The van der Waals surface area contributed by atoms with Crippen LogP contribution in [0.5, 0.6) is 0 Å². The van der Waals surface area contributed by atoms with Gasteiger partial charge in [0.25, 0.3) is 0 Å². The van der Waals surface area contributed by atoms with Crippen molar-refractivity contribution in [2.45, 2.75) is 16.3 Å². The van der Waals surface area contributed by atoms with Gasteiger partial charge in [-0.3, -0.25) is 0 Å². The second-order valence-electron chi connectivity index (χ2n) is 2.50. The summed E-state index contributed by atoms with van der Waals surface area (Å²) in [6, 6.07) is 10.9. The summed E-state index contributed by atoms with van der Waals surface area (Å²) in [7, 11) is 0. The zero-order valence-electron chi connectivity index (χ0n) is 6.59. The first-order valence-corrected chi connectivity index (χ1v) is 10.0. The molecule has 1 aromatic carbocycles. The van der Waals surface area contributed by atoms with Crippen molar-refractivity contribution in [2.24, 2.45) is 0 Å². The molecule has 0 atom stereocenters. The topological polar surface area (TPSA) is 0 Å². The third-order valence-corrected chi connectivity index (χ3v) is 8.59. The van der Waals surface area contributed by atoms with E-state index in [9.17, 15) is 0 Å². The maximum atomic E-state index is 2.46. The molecule has 0 N–H and O–H groups in total. The van der Waals surface area contributed by atoms with Crippen LogP contribution < -0.4 is 3.58 Å². The van der Waals surface area contributed by atoms with Gasteiger partial charge in [-0.2, -0.15) is 0 Å². The van der Waals surface area contributed by atoms with Crippen LogP contribution in [-0.2, 0) is 0 Å². The molecule has 1 rings (SSSR count). The van der Waals surface area contributed by atoms with Crippen LogP contribution in [0.3, 0.4) is 0 Å². The van der Waals surface area contributed by atoms with Crippen molar-refractivity contribution < 1.29 is 0 Å². The molecule has 0 unspecified atom stereocenters. The normalized spacial score (nSPS) is 10.3. The van der Waals surface area contributed by atoms with E-state index in [1.807, 2.05) is 0 Å². The van der Waals surface area contributed by atoms with Crippen LogP contribution >= 0.6 is 0 Å². The fourth-order valence-electron chi connectivity index (χ4n) is 0.927. The molecule has 1 radical (unpaired) electrons. The quantitative estimate of drug-likeness (QED) is 0.694. The zero-order valence-corrected chi connectivity index (χ0v) is 9.45. The molecule has 0 aliphatic heterocycles. The van der Waals surface area contributed by atoms with E-state index in [2.05, 4.69) is 42.2 Å². The van der Waals surface area contributed by atoms with Gasteiger partial charge in [0.1, 0.15) is 0 Å². The van der Waals surface area contributed by atoms with Crippen LogP contribution in [0.25, 0.3) is 0 Å². The Morgan fingerprint density at radius 1 is 1.20 bits per heavy atom. The first kappa shape index (κ1) is 8.12. The van der Waals surface area contributed by atoms with Gasteiger partial charge in [0.2, 0.25) is 0 Å². The van der Waals surface area contributed by atoms with Crippen LogP contribution in [-0.4, -0.2) is 19.8 Å². The van der Waals surface area contributed by atoms with Gasteiger partial charge in [-0.25, -0.2) is 0 Å². The summed E-state index contributed by atoms with van der Waals surface area (Å²) in [6.45, 7) is 2.31. The Kier molecular flexibility index (Phi) is 3.26. The third kappa shape index (κ3) is 2.01. The molecular weight excluding hydrogens is 227 g/mol. The molecule has 0 heterocycles. The van der Waals surface area contributed by atoms with Crippen LogP contribution in [0.4, 0.5) is 0 Å². The fraction of sp³-hybridized carbons (Fsp3) is 0.333. The molecule has 0 nitrogen and oxygen atoms in total. The number of hydrogen-bond acceptors (Lipinski definition) is 0. The predicted molar refractivity (Wildman–Crippen MR) is 48.2 cm³/mol. The van der Waals surface area contributed by atoms with Crippen molar-refractivity contribution in [3.05, 3.63) is 30.3 Å². The molecule has 0 bridgehead atoms. The summed E-state index contributed by atoms with van der Waals surface area (Å²) in [5.41, 5.74) is 0. The van der Waals surface area contributed by atoms with Crippen molar-refractivity contribution in [3.63, 3.8) is 0 Å². The van der Waals surface area contributed by atoms with Gasteiger partial charge in [-0.05, 0) is 0 Å². The average Bonchev–Trinajstić information content (AvgIpc) is 2.05. The monoisotopic (exact) mass is 241 g/mol. The summed E-state index contributed by atoms with van der Waals surface area (Å²) in [6.07, 6.45) is 0. The Morgan fingerprint density at radius 2 is 1.80 bits per heavy atom. The summed E-state index contributed by atoms with van der Waals surface area (Å²) in [5.74, 6) is 0. The number of rotatable bonds is 2. The van der Waals surface area contributed by atoms with Crippen molar-refractivity contribution >= 4 is 23.3 Å². The number of hydrogen-bond donors (Lipinski definition) is 0. The molecule has 10 heavy (non-hydrogen) atoms. The zero-order chi connectivity index (χ0) is 7.40. The van der Waals surface area contributed by atoms with Crippen molar-refractivity contribution in [1.82, 2.24) is 0 Å². The van der Waals surface area contributed by atoms with Gasteiger partial charge < -0.3 is 0 Å². The second-order valence-corrected chi connectivity index (χ2v) is 10.6. The second kappa shape index (κ2) is 4.01. The Hall–Kier alpha value is 0.0187. The summed E-state index contributed by atoms with van der Waals surface area (Å²) in [5, 5.41) is 0. The van der Waals surface area contributed by atoms with Crippen molar-refractivity contribution in [1.29, 1.82) is 0 Å². The molecule has 1 aromatic rings. The Labute approximate surface area is 70.0 Å². The van der Waals surface area contributed by atoms with Crippen LogP contribution in [0.1, 0.15) is 6.92 Å². The number of benzene rings is 1. The van der Waals surface area contributed by atoms with E-state index in [1.54, 1.807) is 3.58 Å². The van der Waals surface area contributed by atoms with Gasteiger partial charge in [-0.1, -0.05) is 0 Å². The molecule has 0 saturated carbocycles. The predicted octanol–water partition coefficient (Wildman–Crippen LogP) is 2.04. The molecular formula is C9H13Sn.